The lowest BCUT2D eigenvalue weighted by atomic mass is 10.1. The highest BCUT2D eigenvalue weighted by Crippen LogP contribution is 2.27. The molecule has 0 amide bonds. The third-order valence-electron chi connectivity index (χ3n) is 1.93. The van der Waals surface area contributed by atoms with Crippen LogP contribution in [0, 0.1) is 4.91 Å². The average molecular weight is 209 g/mol. The van der Waals surface area contributed by atoms with Crippen molar-refractivity contribution in [1.82, 2.24) is 4.98 Å². The summed E-state index contributed by atoms with van der Waals surface area (Å²) in [4.78, 5) is 24.3. The van der Waals surface area contributed by atoms with E-state index >= 15 is 0 Å². The molecule has 2 rings (SSSR count). The maximum absolute atomic E-state index is 11.3. The number of rotatable bonds is 1. The number of aromatic nitrogens is 1. The summed E-state index contributed by atoms with van der Waals surface area (Å²) in [5.74, 6) is 0. The Morgan fingerprint density at radius 2 is 2.07 bits per heavy atom. The molecule has 0 aliphatic rings. The van der Waals surface area contributed by atoms with Gasteiger partial charge in [-0.3, -0.25) is 4.79 Å². The average Bonchev–Trinajstić information content (AvgIpc) is 2.18. The third-order valence-corrected chi connectivity index (χ3v) is 2.15. The van der Waals surface area contributed by atoms with Crippen molar-refractivity contribution in [3.63, 3.8) is 0 Å². The van der Waals surface area contributed by atoms with Gasteiger partial charge in [0.2, 0.25) is 0 Å². The van der Waals surface area contributed by atoms with E-state index in [0.717, 1.165) is 0 Å². The molecule has 2 aromatic rings. The molecule has 4 nitrogen and oxygen atoms in total. The van der Waals surface area contributed by atoms with Crippen LogP contribution in [0.25, 0.3) is 10.8 Å². The molecular formula is C9H5ClN2O2. The first-order valence-corrected chi connectivity index (χ1v) is 4.24. The monoisotopic (exact) mass is 208 g/mol. The molecule has 0 bridgehead atoms. The topological polar surface area (TPSA) is 62.3 Å². The van der Waals surface area contributed by atoms with Crippen LogP contribution in [0.5, 0.6) is 0 Å². The fourth-order valence-electron chi connectivity index (χ4n) is 1.32. The molecule has 0 unspecified atom stereocenters. The molecule has 1 aromatic heterocycles. The van der Waals surface area contributed by atoms with Crippen LogP contribution in [0.2, 0.25) is 5.02 Å². The molecule has 14 heavy (non-hydrogen) atoms. The molecular weight excluding hydrogens is 204 g/mol. The van der Waals surface area contributed by atoms with E-state index in [2.05, 4.69) is 10.2 Å². The second kappa shape index (κ2) is 3.23. The predicted octanol–water partition coefficient (Wildman–Crippen LogP) is 2.58. The summed E-state index contributed by atoms with van der Waals surface area (Å²) in [6.07, 6.45) is 1.47. The van der Waals surface area contributed by atoms with Gasteiger partial charge in [0, 0.05) is 16.6 Å². The largest absolute Gasteiger partial charge is 0.329 e. The van der Waals surface area contributed by atoms with E-state index in [9.17, 15) is 9.70 Å². The molecule has 0 atom stereocenters. The Hall–Kier alpha value is -1.68. The summed E-state index contributed by atoms with van der Waals surface area (Å²) in [5, 5.41) is 4.01. The Bertz CT molecular complexity index is 562. The summed E-state index contributed by atoms with van der Waals surface area (Å²) in [5.41, 5.74) is -0.103. The van der Waals surface area contributed by atoms with Gasteiger partial charge in [-0.1, -0.05) is 11.6 Å². The Balaban J connectivity index is 3.02. The highest BCUT2D eigenvalue weighted by atomic mass is 35.5. The van der Waals surface area contributed by atoms with Crippen LogP contribution in [0.4, 0.5) is 5.69 Å². The van der Waals surface area contributed by atoms with Gasteiger partial charge < -0.3 is 4.98 Å². The number of nitrogens with one attached hydrogen (secondary N) is 1. The van der Waals surface area contributed by atoms with Crippen molar-refractivity contribution in [3.8, 4) is 0 Å². The second-order valence-electron chi connectivity index (χ2n) is 2.78. The maximum Gasteiger partial charge on any atom is 0.255 e. The standard InChI is InChI=1S/C9H5ClN2O2/c10-5-3-7-6(8(4-5)12-14)1-2-11-9(7)13/h1-4H,(H,11,13). The Morgan fingerprint density at radius 1 is 1.29 bits per heavy atom. The van der Waals surface area contributed by atoms with Crippen LogP contribution in [-0.4, -0.2) is 4.98 Å². The van der Waals surface area contributed by atoms with Crippen LogP contribution in [0.1, 0.15) is 0 Å². The van der Waals surface area contributed by atoms with Crippen molar-refractivity contribution in [3.05, 3.63) is 44.7 Å². The first-order chi connectivity index (χ1) is 6.72. The van der Waals surface area contributed by atoms with E-state index in [1.807, 2.05) is 0 Å². The number of nitroso groups, excluding NO2 is 1. The van der Waals surface area contributed by atoms with Gasteiger partial charge in [-0.25, -0.2) is 0 Å². The predicted molar refractivity (Wildman–Crippen MR) is 55.0 cm³/mol. The summed E-state index contributed by atoms with van der Waals surface area (Å²) < 4.78 is 0. The van der Waals surface area contributed by atoms with Crippen molar-refractivity contribution in [1.29, 1.82) is 0 Å². The van der Waals surface area contributed by atoms with Crippen molar-refractivity contribution in [2.45, 2.75) is 0 Å². The van der Waals surface area contributed by atoms with Crippen LogP contribution >= 0.6 is 11.6 Å². The summed E-state index contributed by atoms with van der Waals surface area (Å²) in [6.45, 7) is 0. The van der Waals surface area contributed by atoms with Gasteiger partial charge in [0.25, 0.3) is 5.56 Å². The van der Waals surface area contributed by atoms with Crippen LogP contribution in [0.15, 0.2) is 34.4 Å². The second-order valence-corrected chi connectivity index (χ2v) is 3.22. The summed E-state index contributed by atoms with van der Waals surface area (Å²) in [6, 6.07) is 4.55. The lowest BCUT2D eigenvalue weighted by Crippen LogP contribution is -2.03. The van der Waals surface area contributed by atoms with Crippen molar-refractivity contribution in [2.24, 2.45) is 5.18 Å². The van der Waals surface area contributed by atoms with Crippen LogP contribution in [-0.2, 0) is 0 Å². The zero-order chi connectivity index (χ0) is 10.1. The summed E-state index contributed by atoms with van der Waals surface area (Å²) in [7, 11) is 0. The van der Waals surface area contributed by atoms with Crippen molar-refractivity contribution < 1.29 is 0 Å². The molecule has 0 aliphatic carbocycles. The molecule has 0 saturated heterocycles. The van der Waals surface area contributed by atoms with E-state index in [1.54, 1.807) is 6.07 Å². The lowest BCUT2D eigenvalue weighted by Gasteiger charge is -1.99. The van der Waals surface area contributed by atoms with E-state index in [-0.39, 0.29) is 11.2 Å². The molecule has 0 spiro atoms. The first kappa shape index (κ1) is 8.90. The van der Waals surface area contributed by atoms with Gasteiger partial charge >= 0.3 is 0 Å². The first-order valence-electron chi connectivity index (χ1n) is 3.86. The van der Waals surface area contributed by atoms with Gasteiger partial charge in [-0.2, -0.15) is 0 Å². The molecule has 5 heteroatoms. The molecule has 1 heterocycles. The SMILES string of the molecule is O=Nc1cc(Cl)cc2c(=O)[nH]ccc12. The molecule has 0 fully saturated rings. The van der Waals surface area contributed by atoms with Crippen LogP contribution < -0.4 is 5.56 Å². The number of aromatic amines is 1. The lowest BCUT2D eigenvalue weighted by molar-refractivity contribution is 1.27. The van der Waals surface area contributed by atoms with Gasteiger partial charge in [0.1, 0.15) is 5.69 Å². The molecule has 0 radical (unpaired) electrons. The van der Waals surface area contributed by atoms with E-state index < -0.39 is 0 Å². The van der Waals surface area contributed by atoms with Gasteiger partial charge in [-0.05, 0) is 23.4 Å². The normalized spacial score (nSPS) is 10.4. The maximum atomic E-state index is 11.3. The van der Waals surface area contributed by atoms with Gasteiger partial charge in [0.05, 0.1) is 5.39 Å². The summed E-state index contributed by atoms with van der Waals surface area (Å²) >= 11 is 5.72. The number of benzene rings is 1. The number of halogens is 1. The van der Waals surface area contributed by atoms with Gasteiger partial charge in [-0.15, -0.1) is 4.91 Å². The minimum absolute atomic E-state index is 0.179. The van der Waals surface area contributed by atoms with E-state index in [4.69, 9.17) is 11.6 Å². The third kappa shape index (κ3) is 1.29. The Kier molecular flexibility index (Phi) is 2.05. The zero-order valence-corrected chi connectivity index (χ0v) is 7.71. The fourth-order valence-corrected chi connectivity index (χ4v) is 1.53. The van der Waals surface area contributed by atoms with E-state index in [0.29, 0.717) is 15.8 Å². The Morgan fingerprint density at radius 3 is 2.79 bits per heavy atom. The fraction of sp³-hybridized carbons (Fsp3) is 0. The number of pyridine rings is 1. The minimum atomic E-state index is -0.282. The molecule has 0 saturated carbocycles. The number of hydrogen-bond donors (Lipinski definition) is 1. The Labute approximate surface area is 83.5 Å². The minimum Gasteiger partial charge on any atom is -0.329 e. The van der Waals surface area contributed by atoms with Crippen molar-refractivity contribution >= 4 is 28.1 Å². The smallest absolute Gasteiger partial charge is 0.255 e. The molecule has 1 aromatic carbocycles. The molecule has 70 valence electrons. The highest BCUT2D eigenvalue weighted by Gasteiger charge is 2.05. The van der Waals surface area contributed by atoms with Gasteiger partial charge in [0.15, 0.2) is 0 Å². The van der Waals surface area contributed by atoms with E-state index in [1.165, 1.54) is 18.3 Å². The zero-order valence-electron chi connectivity index (χ0n) is 6.95. The number of H-pyrrole nitrogens is 1. The quantitative estimate of drug-likeness (QED) is 0.732. The number of fused-ring (bicyclic) bond motifs is 1. The number of nitrogens with zero attached hydrogens (tertiary/aromatic N) is 1. The molecule has 0 aliphatic heterocycles. The molecule has 1 N–H and O–H groups in total. The number of hydrogen-bond acceptors (Lipinski definition) is 3. The highest BCUT2D eigenvalue weighted by molar-refractivity contribution is 6.31. The van der Waals surface area contributed by atoms with Crippen molar-refractivity contribution in [2.75, 3.05) is 0 Å². The van der Waals surface area contributed by atoms with Crippen LogP contribution in [0.3, 0.4) is 0 Å².